The molecule has 1 aromatic heterocycles. The number of nitrogens with one attached hydrogen (secondary N) is 2. The van der Waals surface area contributed by atoms with Crippen molar-refractivity contribution in [2.24, 2.45) is 4.99 Å². The van der Waals surface area contributed by atoms with Gasteiger partial charge >= 0.3 is 0 Å². The Balaban J connectivity index is 0.00000392. The SMILES string of the molecule is CCNC(=NCCCCOCC)NCCc1nccn1Cc1ccccc1.I. The smallest absolute Gasteiger partial charge is 0.191 e. The molecule has 0 atom stereocenters. The molecule has 0 unspecified atom stereocenters. The van der Waals surface area contributed by atoms with Crippen LogP contribution in [0.4, 0.5) is 0 Å². The van der Waals surface area contributed by atoms with E-state index in [0.717, 1.165) is 70.4 Å². The number of benzene rings is 1. The number of halogens is 1. The summed E-state index contributed by atoms with van der Waals surface area (Å²) in [4.78, 5) is 9.14. The van der Waals surface area contributed by atoms with Crippen LogP contribution in [0, 0.1) is 0 Å². The highest BCUT2D eigenvalue weighted by Crippen LogP contribution is 2.05. The Kier molecular flexibility index (Phi) is 13.4. The van der Waals surface area contributed by atoms with Gasteiger partial charge in [-0.1, -0.05) is 30.3 Å². The summed E-state index contributed by atoms with van der Waals surface area (Å²) >= 11 is 0. The van der Waals surface area contributed by atoms with Gasteiger partial charge in [-0.3, -0.25) is 4.99 Å². The molecule has 1 heterocycles. The predicted octanol–water partition coefficient (Wildman–Crippen LogP) is 3.46. The van der Waals surface area contributed by atoms with Crippen LogP contribution in [0.1, 0.15) is 38.1 Å². The fraction of sp³-hybridized carbons (Fsp3) is 0.524. The first-order chi connectivity index (χ1) is 13.3. The molecule has 0 aliphatic heterocycles. The second kappa shape index (κ2) is 15.3. The van der Waals surface area contributed by atoms with E-state index in [9.17, 15) is 0 Å². The highest BCUT2D eigenvalue weighted by atomic mass is 127. The van der Waals surface area contributed by atoms with E-state index in [1.54, 1.807) is 0 Å². The van der Waals surface area contributed by atoms with Crippen LogP contribution in [0.2, 0.25) is 0 Å². The van der Waals surface area contributed by atoms with Crippen molar-refractivity contribution in [2.45, 2.75) is 39.7 Å². The third-order valence-electron chi connectivity index (χ3n) is 4.15. The maximum atomic E-state index is 5.36. The van der Waals surface area contributed by atoms with E-state index in [1.165, 1.54) is 5.56 Å². The molecule has 0 amide bonds. The first-order valence-electron chi connectivity index (χ1n) is 9.97. The molecule has 2 rings (SSSR count). The Hall–Kier alpha value is -1.61. The summed E-state index contributed by atoms with van der Waals surface area (Å²) in [5, 5.41) is 6.71. The van der Waals surface area contributed by atoms with Gasteiger partial charge in [0.2, 0.25) is 0 Å². The van der Waals surface area contributed by atoms with E-state index < -0.39 is 0 Å². The standard InChI is InChI=1S/C21H33N5O.HI/c1-3-22-21(24-13-8-9-17-27-4-2)25-14-12-20-23-15-16-26(20)18-19-10-6-5-7-11-19;/h5-7,10-11,15-16H,3-4,8-9,12-14,17-18H2,1-2H3,(H2,22,24,25);1H. The van der Waals surface area contributed by atoms with Crippen LogP contribution in [-0.4, -0.2) is 48.4 Å². The predicted molar refractivity (Wildman–Crippen MR) is 127 cm³/mol. The molecular weight excluding hydrogens is 465 g/mol. The van der Waals surface area contributed by atoms with Crippen molar-refractivity contribution >= 4 is 29.9 Å². The van der Waals surface area contributed by atoms with Gasteiger partial charge in [0.25, 0.3) is 0 Å². The lowest BCUT2D eigenvalue weighted by Gasteiger charge is -2.12. The van der Waals surface area contributed by atoms with Crippen molar-refractivity contribution in [1.29, 1.82) is 0 Å². The number of ether oxygens (including phenoxy) is 1. The zero-order valence-corrected chi connectivity index (χ0v) is 19.4. The van der Waals surface area contributed by atoms with Crippen LogP contribution in [-0.2, 0) is 17.7 Å². The van der Waals surface area contributed by atoms with Crippen molar-refractivity contribution < 1.29 is 4.74 Å². The molecule has 1 aromatic carbocycles. The third kappa shape index (κ3) is 9.54. The van der Waals surface area contributed by atoms with Crippen molar-refractivity contribution in [2.75, 3.05) is 32.8 Å². The highest BCUT2D eigenvalue weighted by molar-refractivity contribution is 14.0. The van der Waals surface area contributed by atoms with Gasteiger partial charge in [-0.25, -0.2) is 4.98 Å². The number of nitrogens with zero attached hydrogens (tertiary/aromatic N) is 3. The van der Waals surface area contributed by atoms with Gasteiger partial charge in [0.1, 0.15) is 5.82 Å². The molecular formula is C21H34IN5O. The van der Waals surface area contributed by atoms with E-state index >= 15 is 0 Å². The Morgan fingerprint density at radius 3 is 2.71 bits per heavy atom. The monoisotopic (exact) mass is 499 g/mol. The van der Waals surface area contributed by atoms with Gasteiger partial charge in [-0.15, -0.1) is 24.0 Å². The molecule has 0 saturated carbocycles. The topological polar surface area (TPSA) is 63.5 Å². The molecule has 0 fully saturated rings. The molecule has 0 saturated heterocycles. The third-order valence-corrected chi connectivity index (χ3v) is 4.15. The normalized spacial score (nSPS) is 11.1. The molecule has 28 heavy (non-hydrogen) atoms. The molecule has 0 spiro atoms. The Labute approximate surface area is 186 Å². The maximum absolute atomic E-state index is 5.36. The lowest BCUT2D eigenvalue weighted by atomic mass is 10.2. The number of aromatic nitrogens is 2. The van der Waals surface area contributed by atoms with Crippen LogP contribution in [0.3, 0.4) is 0 Å². The number of unbranched alkanes of at least 4 members (excludes halogenated alkanes) is 1. The van der Waals surface area contributed by atoms with Gasteiger partial charge in [-0.2, -0.15) is 0 Å². The summed E-state index contributed by atoms with van der Waals surface area (Å²) in [6.45, 7) is 9.03. The number of aliphatic imine (C=N–C) groups is 1. The van der Waals surface area contributed by atoms with Crippen molar-refractivity contribution in [1.82, 2.24) is 20.2 Å². The van der Waals surface area contributed by atoms with E-state index in [4.69, 9.17) is 4.74 Å². The molecule has 0 aliphatic carbocycles. The van der Waals surface area contributed by atoms with Gasteiger partial charge in [0, 0.05) is 58.2 Å². The number of hydrogen-bond donors (Lipinski definition) is 2. The summed E-state index contributed by atoms with van der Waals surface area (Å²) in [6, 6.07) is 10.5. The van der Waals surface area contributed by atoms with Crippen LogP contribution >= 0.6 is 24.0 Å². The lowest BCUT2D eigenvalue weighted by Crippen LogP contribution is -2.38. The number of imidazole rings is 1. The van der Waals surface area contributed by atoms with E-state index in [0.29, 0.717) is 0 Å². The quantitative estimate of drug-likeness (QED) is 0.203. The van der Waals surface area contributed by atoms with Crippen LogP contribution < -0.4 is 10.6 Å². The zero-order chi connectivity index (χ0) is 19.2. The van der Waals surface area contributed by atoms with Crippen LogP contribution in [0.15, 0.2) is 47.7 Å². The first-order valence-corrected chi connectivity index (χ1v) is 9.97. The molecule has 0 bridgehead atoms. The molecule has 0 radical (unpaired) electrons. The average molecular weight is 499 g/mol. The minimum absolute atomic E-state index is 0. The summed E-state index contributed by atoms with van der Waals surface area (Å²) in [7, 11) is 0. The van der Waals surface area contributed by atoms with E-state index in [1.807, 2.05) is 25.4 Å². The van der Waals surface area contributed by atoms with Gasteiger partial charge < -0.3 is 19.9 Å². The molecule has 7 heteroatoms. The second-order valence-corrected chi connectivity index (χ2v) is 6.30. The van der Waals surface area contributed by atoms with E-state index in [-0.39, 0.29) is 24.0 Å². The zero-order valence-electron chi connectivity index (χ0n) is 17.1. The largest absolute Gasteiger partial charge is 0.382 e. The Morgan fingerprint density at radius 1 is 1.14 bits per heavy atom. The average Bonchev–Trinajstić information content (AvgIpc) is 3.12. The minimum Gasteiger partial charge on any atom is -0.382 e. The van der Waals surface area contributed by atoms with Gasteiger partial charge in [-0.05, 0) is 32.3 Å². The fourth-order valence-electron chi connectivity index (χ4n) is 2.78. The molecule has 2 N–H and O–H groups in total. The lowest BCUT2D eigenvalue weighted by molar-refractivity contribution is 0.144. The van der Waals surface area contributed by atoms with Gasteiger partial charge in [0.05, 0.1) is 0 Å². The van der Waals surface area contributed by atoms with E-state index in [2.05, 4.69) is 56.4 Å². The highest BCUT2D eigenvalue weighted by Gasteiger charge is 2.04. The second-order valence-electron chi connectivity index (χ2n) is 6.30. The maximum Gasteiger partial charge on any atom is 0.191 e. The van der Waals surface area contributed by atoms with Crippen molar-refractivity contribution in [3.05, 3.63) is 54.1 Å². The molecule has 2 aromatic rings. The number of guanidine groups is 1. The molecule has 0 aliphatic rings. The van der Waals surface area contributed by atoms with Gasteiger partial charge in [0.15, 0.2) is 5.96 Å². The molecule has 156 valence electrons. The summed E-state index contributed by atoms with van der Waals surface area (Å²) in [6.07, 6.45) is 6.86. The summed E-state index contributed by atoms with van der Waals surface area (Å²) in [5.41, 5.74) is 1.28. The Morgan fingerprint density at radius 2 is 1.96 bits per heavy atom. The molecule has 6 nitrogen and oxygen atoms in total. The van der Waals surface area contributed by atoms with Crippen molar-refractivity contribution in [3.8, 4) is 0 Å². The Bertz CT molecular complexity index is 660. The first kappa shape index (κ1) is 24.4. The minimum atomic E-state index is 0. The number of rotatable bonds is 12. The van der Waals surface area contributed by atoms with Crippen LogP contribution in [0.5, 0.6) is 0 Å². The van der Waals surface area contributed by atoms with Crippen LogP contribution in [0.25, 0.3) is 0 Å². The summed E-state index contributed by atoms with van der Waals surface area (Å²) in [5.74, 6) is 1.95. The summed E-state index contributed by atoms with van der Waals surface area (Å²) < 4.78 is 7.56. The van der Waals surface area contributed by atoms with Crippen molar-refractivity contribution in [3.63, 3.8) is 0 Å². The fourth-order valence-corrected chi connectivity index (χ4v) is 2.78. The number of hydrogen-bond acceptors (Lipinski definition) is 3.